The van der Waals surface area contributed by atoms with Gasteiger partial charge in [0.1, 0.15) is 5.69 Å². The summed E-state index contributed by atoms with van der Waals surface area (Å²) in [7, 11) is 0. The third kappa shape index (κ3) is 2.52. The van der Waals surface area contributed by atoms with Crippen LogP contribution in [0.1, 0.15) is 12.8 Å². The molecule has 100 valence electrons. The molecule has 3 rings (SSSR count). The van der Waals surface area contributed by atoms with Crippen molar-refractivity contribution >= 4 is 27.3 Å². The molecule has 0 heterocycles. The average Bonchev–Trinajstić information content (AvgIpc) is 2.99. The summed E-state index contributed by atoms with van der Waals surface area (Å²) in [4.78, 5) is 10.7. The Kier molecular flexibility index (Phi) is 3.31. The number of hydrogen-bond acceptors (Lipinski definition) is 3. The van der Waals surface area contributed by atoms with Crippen molar-refractivity contribution in [2.24, 2.45) is 17.8 Å². The molecule has 2 aliphatic carbocycles. The number of nitro groups is 1. The van der Waals surface area contributed by atoms with Crippen LogP contribution in [0.5, 0.6) is 0 Å². The summed E-state index contributed by atoms with van der Waals surface area (Å²) >= 11 is 3.27. The van der Waals surface area contributed by atoms with Crippen LogP contribution in [0.2, 0.25) is 0 Å². The van der Waals surface area contributed by atoms with Crippen LogP contribution < -0.4 is 5.32 Å². The van der Waals surface area contributed by atoms with Gasteiger partial charge in [-0.15, -0.1) is 0 Å². The molecule has 1 aromatic rings. The molecule has 0 spiro atoms. The molecule has 0 amide bonds. The Hall–Kier alpha value is -1.36. The van der Waals surface area contributed by atoms with Crippen molar-refractivity contribution in [1.29, 1.82) is 0 Å². The van der Waals surface area contributed by atoms with Crippen LogP contribution in [0, 0.1) is 27.9 Å². The van der Waals surface area contributed by atoms with Gasteiger partial charge in [0.25, 0.3) is 5.69 Å². The van der Waals surface area contributed by atoms with Gasteiger partial charge in [0.05, 0.1) is 4.92 Å². The highest BCUT2D eigenvalue weighted by atomic mass is 79.9. The van der Waals surface area contributed by atoms with Crippen molar-refractivity contribution in [3.63, 3.8) is 0 Å². The standard InChI is InChI=1S/C14H15BrN2O2/c15-12-3-4-13(14(7-12)17(18)19)16-8-11-6-9-1-2-10(11)5-9/h1-4,7,9-11,16H,5-6,8H2. The Labute approximate surface area is 120 Å². The van der Waals surface area contributed by atoms with Gasteiger partial charge in [0.2, 0.25) is 0 Å². The molecule has 0 aromatic heterocycles. The highest BCUT2D eigenvalue weighted by molar-refractivity contribution is 9.10. The van der Waals surface area contributed by atoms with Crippen LogP contribution in [-0.4, -0.2) is 11.5 Å². The fourth-order valence-electron chi connectivity index (χ4n) is 3.18. The molecule has 1 saturated carbocycles. The maximum Gasteiger partial charge on any atom is 0.293 e. The number of halogens is 1. The predicted molar refractivity (Wildman–Crippen MR) is 78.1 cm³/mol. The largest absolute Gasteiger partial charge is 0.379 e. The first-order chi connectivity index (χ1) is 9.13. The van der Waals surface area contributed by atoms with Gasteiger partial charge in [-0.1, -0.05) is 28.1 Å². The first-order valence-corrected chi connectivity index (χ1v) is 7.29. The zero-order chi connectivity index (χ0) is 13.4. The lowest BCUT2D eigenvalue weighted by atomic mass is 9.93. The summed E-state index contributed by atoms with van der Waals surface area (Å²) < 4.78 is 0.729. The SMILES string of the molecule is O=[N+]([O-])c1cc(Br)ccc1NCC1CC2C=CC1C2. The number of rotatable bonds is 4. The highest BCUT2D eigenvalue weighted by Gasteiger charge is 2.35. The molecule has 5 heteroatoms. The van der Waals surface area contributed by atoms with E-state index in [4.69, 9.17) is 0 Å². The molecule has 0 saturated heterocycles. The number of hydrogen-bond donors (Lipinski definition) is 1. The smallest absolute Gasteiger partial charge is 0.293 e. The van der Waals surface area contributed by atoms with Crippen LogP contribution in [0.15, 0.2) is 34.8 Å². The third-order valence-corrected chi connectivity index (χ3v) is 4.62. The van der Waals surface area contributed by atoms with Gasteiger partial charge >= 0.3 is 0 Å². The van der Waals surface area contributed by atoms with Gasteiger partial charge in [-0.2, -0.15) is 0 Å². The highest BCUT2D eigenvalue weighted by Crippen LogP contribution is 2.43. The molecule has 0 aliphatic heterocycles. The van der Waals surface area contributed by atoms with E-state index in [-0.39, 0.29) is 10.6 Å². The normalized spacial score (nSPS) is 27.7. The molecular formula is C14H15BrN2O2. The van der Waals surface area contributed by atoms with Crippen molar-refractivity contribution in [1.82, 2.24) is 0 Å². The molecule has 0 radical (unpaired) electrons. The second-order valence-corrected chi connectivity index (χ2v) is 6.26. The fraction of sp³-hybridized carbons (Fsp3) is 0.429. The van der Waals surface area contributed by atoms with E-state index in [0.29, 0.717) is 17.5 Å². The van der Waals surface area contributed by atoms with Gasteiger partial charge in [0.15, 0.2) is 0 Å². The number of allylic oxidation sites excluding steroid dienone is 2. The van der Waals surface area contributed by atoms with Gasteiger partial charge < -0.3 is 5.32 Å². The molecule has 2 bridgehead atoms. The van der Waals surface area contributed by atoms with Crippen molar-refractivity contribution in [3.8, 4) is 0 Å². The second kappa shape index (κ2) is 4.96. The van der Waals surface area contributed by atoms with E-state index in [0.717, 1.165) is 16.9 Å². The van der Waals surface area contributed by atoms with E-state index in [2.05, 4.69) is 33.4 Å². The number of nitrogens with one attached hydrogen (secondary N) is 1. The molecular weight excluding hydrogens is 308 g/mol. The average molecular weight is 323 g/mol. The van der Waals surface area contributed by atoms with Gasteiger partial charge in [-0.3, -0.25) is 10.1 Å². The number of nitro benzene ring substituents is 1. The number of fused-ring (bicyclic) bond motifs is 2. The third-order valence-electron chi connectivity index (χ3n) is 4.13. The lowest BCUT2D eigenvalue weighted by Gasteiger charge is -2.19. The molecule has 2 aliphatic rings. The molecule has 1 N–H and O–H groups in total. The molecule has 4 nitrogen and oxygen atoms in total. The summed E-state index contributed by atoms with van der Waals surface area (Å²) in [6.45, 7) is 0.813. The Bertz CT molecular complexity index is 544. The first kappa shape index (κ1) is 12.7. The zero-order valence-corrected chi connectivity index (χ0v) is 12.0. The van der Waals surface area contributed by atoms with E-state index in [1.54, 1.807) is 12.1 Å². The predicted octanol–water partition coefficient (Wildman–Crippen LogP) is 3.98. The second-order valence-electron chi connectivity index (χ2n) is 5.34. The van der Waals surface area contributed by atoms with E-state index >= 15 is 0 Å². The van der Waals surface area contributed by atoms with Gasteiger partial charge in [-0.25, -0.2) is 0 Å². The van der Waals surface area contributed by atoms with Crippen LogP contribution in [0.25, 0.3) is 0 Å². The maximum absolute atomic E-state index is 11.0. The molecule has 3 unspecified atom stereocenters. The van der Waals surface area contributed by atoms with Crippen molar-refractivity contribution < 1.29 is 4.92 Å². The van der Waals surface area contributed by atoms with E-state index in [9.17, 15) is 10.1 Å². The summed E-state index contributed by atoms with van der Waals surface area (Å²) in [6, 6.07) is 5.14. The molecule has 1 fully saturated rings. The van der Waals surface area contributed by atoms with Crippen molar-refractivity contribution in [2.75, 3.05) is 11.9 Å². The molecule has 19 heavy (non-hydrogen) atoms. The van der Waals surface area contributed by atoms with Crippen LogP contribution in [0.3, 0.4) is 0 Å². The number of anilines is 1. The summed E-state index contributed by atoms with van der Waals surface area (Å²) in [6.07, 6.45) is 7.08. The Morgan fingerprint density at radius 1 is 1.37 bits per heavy atom. The number of benzene rings is 1. The van der Waals surface area contributed by atoms with Crippen molar-refractivity contribution in [2.45, 2.75) is 12.8 Å². The van der Waals surface area contributed by atoms with Gasteiger partial charge in [0, 0.05) is 17.1 Å². The summed E-state index contributed by atoms with van der Waals surface area (Å²) in [5.74, 6) is 2.00. The molecule has 1 aromatic carbocycles. The summed E-state index contributed by atoms with van der Waals surface area (Å²) in [5.41, 5.74) is 0.744. The monoisotopic (exact) mass is 322 g/mol. The lowest BCUT2D eigenvalue weighted by Crippen LogP contribution is -2.18. The fourth-order valence-corrected chi connectivity index (χ4v) is 3.52. The quantitative estimate of drug-likeness (QED) is 0.518. The topological polar surface area (TPSA) is 55.2 Å². The molecule has 3 atom stereocenters. The van der Waals surface area contributed by atoms with E-state index in [1.165, 1.54) is 12.8 Å². The zero-order valence-electron chi connectivity index (χ0n) is 10.4. The Morgan fingerprint density at radius 3 is 2.84 bits per heavy atom. The van der Waals surface area contributed by atoms with E-state index in [1.807, 2.05) is 6.07 Å². The van der Waals surface area contributed by atoms with Gasteiger partial charge in [-0.05, 0) is 42.7 Å². The van der Waals surface area contributed by atoms with Crippen molar-refractivity contribution in [3.05, 3.63) is 44.9 Å². The van der Waals surface area contributed by atoms with Crippen LogP contribution >= 0.6 is 15.9 Å². The maximum atomic E-state index is 11.0. The Balaban J connectivity index is 1.70. The minimum absolute atomic E-state index is 0.132. The minimum atomic E-state index is -0.339. The van der Waals surface area contributed by atoms with E-state index < -0.39 is 0 Å². The van der Waals surface area contributed by atoms with Crippen LogP contribution in [-0.2, 0) is 0 Å². The number of nitrogens with zero attached hydrogens (tertiary/aromatic N) is 1. The lowest BCUT2D eigenvalue weighted by molar-refractivity contribution is -0.384. The van der Waals surface area contributed by atoms with Crippen LogP contribution in [0.4, 0.5) is 11.4 Å². The first-order valence-electron chi connectivity index (χ1n) is 6.49. The minimum Gasteiger partial charge on any atom is -0.379 e. The Morgan fingerprint density at radius 2 is 2.21 bits per heavy atom. The summed E-state index contributed by atoms with van der Waals surface area (Å²) in [5, 5.41) is 14.3.